The second-order valence-corrected chi connectivity index (χ2v) is 6.68. The number of halogens is 1. The number of thiazole rings is 1. The lowest BCUT2D eigenvalue weighted by molar-refractivity contribution is 0.0958. The van der Waals surface area contributed by atoms with Gasteiger partial charge in [0.2, 0.25) is 0 Å². The Kier molecular flexibility index (Phi) is 5.77. The molecule has 1 aromatic heterocycles. The highest BCUT2D eigenvalue weighted by Gasteiger charge is 2.13. The summed E-state index contributed by atoms with van der Waals surface area (Å²) in [6, 6.07) is 13.4. The van der Waals surface area contributed by atoms with Gasteiger partial charge in [0, 0.05) is 0 Å². The van der Waals surface area contributed by atoms with Crippen LogP contribution in [0.4, 0.5) is 9.52 Å². The number of anilines is 1. The number of nitrogens with two attached hydrogens (primary N) is 1. The normalized spacial score (nSPS) is 10.9. The number of nitrogens with one attached hydrogen (secondary N) is 1. The molecule has 0 spiro atoms. The van der Waals surface area contributed by atoms with E-state index in [0.717, 1.165) is 22.5 Å². The quantitative estimate of drug-likeness (QED) is 0.503. The second-order valence-electron chi connectivity index (χ2n) is 5.65. The van der Waals surface area contributed by atoms with E-state index in [1.807, 2.05) is 12.1 Å². The summed E-state index contributed by atoms with van der Waals surface area (Å²) in [7, 11) is 0. The monoisotopic (exact) mass is 384 g/mol. The molecule has 27 heavy (non-hydrogen) atoms. The molecule has 0 unspecified atom stereocenters. The Bertz CT molecular complexity index is 953. The van der Waals surface area contributed by atoms with Gasteiger partial charge >= 0.3 is 0 Å². The van der Waals surface area contributed by atoms with Crippen molar-refractivity contribution in [3.8, 4) is 5.75 Å². The Morgan fingerprint density at radius 3 is 2.59 bits per heavy atom. The van der Waals surface area contributed by atoms with E-state index in [9.17, 15) is 9.18 Å². The molecule has 1 amide bonds. The highest BCUT2D eigenvalue weighted by Crippen LogP contribution is 2.19. The highest BCUT2D eigenvalue weighted by atomic mass is 32.1. The third kappa shape index (κ3) is 5.11. The summed E-state index contributed by atoms with van der Waals surface area (Å²) >= 11 is 1.12. The number of hydrogen-bond donors (Lipinski definition) is 2. The topological polar surface area (TPSA) is 89.6 Å². The van der Waals surface area contributed by atoms with Crippen LogP contribution in [0.5, 0.6) is 5.75 Å². The molecular formula is C19H17FN4O2S. The van der Waals surface area contributed by atoms with E-state index < -0.39 is 0 Å². The summed E-state index contributed by atoms with van der Waals surface area (Å²) in [5, 5.41) is 4.28. The van der Waals surface area contributed by atoms with Crippen LogP contribution < -0.4 is 15.9 Å². The van der Waals surface area contributed by atoms with Crippen LogP contribution in [0.25, 0.3) is 0 Å². The number of carbonyl (C=O) groups excluding carboxylic acids is 1. The van der Waals surface area contributed by atoms with E-state index >= 15 is 0 Å². The molecule has 3 rings (SSSR count). The molecule has 1 heterocycles. The van der Waals surface area contributed by atoms with Crippen LogP contribution in [0.15, 0.2) is 53.6 Å². The largest absolute Gasteiger partial charge is 0.489 e. The molecule has 0 aliphatic carbocycles. The van der Waals surface area contributed by atoms with Crippen molar-refractivity contribution in [1.82, 2.24) is 10.4 Å². The predicted molar refractivity (Wildman–Crippen MR) is 103 cm³/mol. The van der Waals surface area contributed by atoms with E-state index in [4.69, 9.17) is 10.5 Å². The number of hydrogen-bond acceptors (Lipinski definition) is 6. The minimum Gasteiger partial charge on any atom is -0.489 e. The summed E-state index contributed by atoms with van der Waals surface area (Å²) in [6.07, 6.45) is 1.53. The zero-order chi connectivity index (χ0) is 19.2. The number of hydrazone groups is 1. The van der Waals surface area contributed by atoms with Crippen LogP contribution in [0.3, 0.4) is 0 Å². The number of amides is 1. The zero-order valence-electron chi connectivity index (χ0n) is 14.5. The molecule has 8 heteroatoms. The average Bonchev–Trinajstić information content (AvgIpc) is 3.00. The molecule has 0 aliphatic heterocycles. The van der Waals surface area contributed by atoms with Crippen molar-refractivity contribution in [2.45, 2.75) is 13.5 Å². The van der Waals surface area contributed by atoms with Gasteiger partial charge in [-0.15, -0.1) is 0 Å². The van der Waals surface area contributed by atoms with Gasteiger partial charge in [-0.1, -0.05) is 23.5 Å². The third-order valence-electron chi connectivity index (χ3n) is 3.60. The van der Waals surface area contributed by atoms with Gasteiger partial charge < -0.3 is 10.5 Å². The molecule has 0 atom stereocenters. The van der Waals surface area contributed by atoms with Crippen LogP contribution in [0.1, 0.15) is 26.5 Å². The molecule has 3 aromatic rings. The van der Waals surface area contributed by atoms with Gasteiger partial charge in [-0.3, -0.25) is 4.79 Å². The standard InChI is InChI=1S/C19H17FN4O2S/c1-12-17(27-19(21)23-12)18(25)24-22-10-13-4-8-16(9-5-13)26-11-14-2-6-15(20)7-3-14/h2-10H,11H2,1H3,(H2,21,23)(H,24,25). The maximum Gasteiger partial charge on any atom is 0.283 e. The first-order chi connectivity index (χ1) is 13.0. The van der Waals surface area contributed by atoms with Gasteiger partial charge in [-0.05, 0) is 54.4 Å². The molecule has 0 saturated carbocycles. The number of nitrogens with zero attached hydrogens (tertiary/aromatic N) is 2. The summed E-state index contributed by atoms with van der Waals surface area (Å²) in [5.74, 6) is 0.0527. The van der Waals surface area contributed by atoms with Crippen molar-refractivity contribution in [1.29, 1.82) is 0 Å². The number of rotatable bonds is 6. The molecule has 6 nitrogen and oxygen atoms in total. The maximum absolute atomic E-state index is 12.9. The Labute approximate surface area is 159 Å². The summed E-state index contributed by atoms with van der Waals surface area (Å²) in [6.45, 7) is 2.07. The molecule has 0 bridgehead atoms. The first kappa shape index (κ1) is 18.5. The van der Waals surface area contributed by atoms with Gasteiger partial charge in [0.1, 0.15) is 23.1 Å². The lowest BCUT2D eigenvalue weighted by Gasteiger charge is -2.06. The fraction of sp³-hybridized carbons (Fsp3) is 0.105. The molecule has 138 valence electrons. The van der Waals surface area contributed by atoms with Gasteiger partial charge in [-0.25, -0.2) is 14.8 Å². The molecule has 3 N–H and O–H groups in total. The molecule has 2 aromatic carbocycles. The molecule has 0 fully saturated rings. The van der Waals surface area contributed by atoms with E-state index in [0.29, 0.717) is 28.1 Å². The van der Waals surface area contributed by atoms with Crippen molar-refractivity contribution in [2.24, 2.45) is 5.10 Å². The van der Waals surface area contributed by atoms with Crippen LogP contribution in [0.2, 0.25) is 0 Å². The first-order valence-electron chi connectivity index (χ1n) is 8.05. The van der Waals surface area contributed by atoms with Crippen molar-refractivity contribution in [3.05, 3.63) is 76.0 Å². The molecule has 0 saturated heterocycles. The lowest BCUT2D eigenvalue weighted by Crippen LogP contribution is -2.17. The van der Waals surface area contributed by atoms with Gasteiger partial charge in [0.05, 0.1) is 11.9 Å². The van der Waals surface area contributed by atoms with Crippen LogP contribution >= 0.6 is 11.3 Å². The Hall–Kier alpha value is -3.26. The van der Waals surface area contributed by atoms with Crippen molar-refractivity contribution in [2.75, 3.05) is 5.73 Å². The summed E-state index contributed by atoms with van der Waals surface area (Å²) < 4.78 is 18.5. The molecular weight excluding hydrogens is 367 g/mol. The third-order valence-corrected chi connectivity index (χ3v) is 4.58. The molecule has 0 radical (unpaired) electrons. The average molecular weight is 384 g/mol. The number of aromatic nitrogens is 1. The van der Waals surface area contributed by atoms with E-state index in [2.05, 4.69) is 15.5 Å². The summed E-state index contributed by atoms with van der Waals surface area (Å²) in [4.78, 5) is 16.5. The van der Waals surface area contributed by atoms with E-state index in [1.54, 1.807) is 31.2 Å². The predicted octanol–water partition coefficient (Wildman–Crippen LogP) is 3.52. The lowest BCUT2D eigenvalue weighted by atomic mass is 10.2. The van der Waals surface area contributed by atoms with Crippen molar-refractivity contribution >= 4 is 28.6 Å². The van der Waals surface area contributed by atoms with E-state index in [-0.39, 0.29) is 11.7 Å². The Morgan fingerprint density at radius 1 is 1.26 bits per heavy atom. The van der Waals surface area contributed by atoms with Gasteiger partial charge in [0.15, 0.2) is 5.13 Å². The van der Waals surface area contributed by atoms with Crippen molar-refractivity contribution in [3.63, 3.8) is 0 Å². The maximum atomic E-state index is 12.9. The second kappa shape index (κ2) is 8.41. The number of benzene rings is 2. The van der Waals surface area contributed by atoms with Crippen molar-refractivity contribution < 1.29 is 13.9 Å². The first-order valence-corrected chi connectivity index (χ1v) is 8.86. The highest BCUT2D eigenvalue weighted by molar-refractivity contribution is 7.17. The van der Waals surface area contributed by atoms with Gasteiger partial charge in [-0.2, -0.15) is 5.10 Å². The van der Waals surface area contributed by atoms with Crippen LogP contribution in [-0.4, -0.2) is 17.1 Å². The zero-order valence-corrected chi connectivity index (χ0v) is 15.3. The Balaban J connectivity index is 1.52. The van der Waals surface area contributed by atoms with Crippen LogP contribution in [0, 0.1) is 12.7 Å². The molecule has 0 aliphatic rings. The van der Waals surface area contributed by atoms with Crippen LogP contribution in [-0.2, 0) is 6.61 Å². The number of nitrogen functional groups attached to an aromatic ring is 1. The van der Waals surface area contributed by atoms with E-state index in [1.165, 1.54) is 18.3 Å². The number of carbonyl (C=O) groups is 1. The smallest absolute Gasteiger partial charge is 0.283 e. The number of aryl methyl sites for hydroxylation is 1. The minimum atomic E-state index is -0.350. The fourth-order valence-corrected chi connectivity index (χ4v) is 2.96. The SMILES string of the molecule is Cc1nc(N)sc1C(=O)NN=Cc1ccc(OCc2ccc(F)cc2)cc1. The fourth-order valence-electron chi connectivity index (χ4n) is 2.24. The minimum absolute atomic E-state index is 0.275. The Morgan fingerprint density at radius 2 is 1.96 bits per heavy atom. The summed E-state index contributed by atoms with van der Waals surface area (Å²) in [5.41, 5.74) is 10.3. The number of ether oxygens (including phenoxy) is 1. The van der Waals surface area contributed by atoms with Gasteiger partial charge in [0.25, 0.3) is 5.91 Å².